The van der Waals surface area contributed by atoms with Crippen LogP contribution in [-0.4, -0.2) is 17.3 Å². The van der Waals surface area contributed by atoms with E-state index in [9.17, 15) is 0 Å². The van der Waals surface area contributed by atoms with E-state index in [0.29, 0.717) is 5.84 Å². The zero-order valence-corrected chi connectivity index (χ0v) is 12.1. The number of nitrogens with zero attached hydrogens (tertiary/aromatic N) is 1. The molecule has 1 aromatic rings. The lowest BCUT2D eigenvalue weighted by Gasteiger charge is -2.23. The summed E-state index contributed by atoms with van der Waals surface area (Å²) in [6.45, 7) is 7.43. The van der Waals surface area contributed by atoms with Crippen LogP contribution in [0.4, 0.5) is 0 Å². The monoisotopic (exact) mass is 259 g/mol. The number of nitrogens with two attached hydrogens (primary N) is 1. The first-order chi connectivity index (χ1) is 8.99. The highest BCUT2D eigenvalue weighted by atomic mass is 15.1. The molecular weight excluding hydrogens is 234 g/mol. The van der Waals surface area contributed by atoms with Crippen molar-refractivity contribution in [3.8, 4) is 0 Å². The van der Waals surface area contributed by atoms with Gasteiger partial charge in [-0.25, -0.2) is 0 Å². The second-order valence-electron chi connectivity index (χ2n) is 6.23. The standard InChI is InChI=1S/C16H25N3/c1-16(2,15(17)18)9-5-6-10-19-11-13-7-3-4-8-14(13)12-19/h3-4,7-8H,5-6,9-12H2,1-2H3,(H3,17,18). The first kappa shape index (κ1) is 14.1. The van der Waals surface area contributed by atoms with E-state index < -0.39 is 0 Å². The van der Waals surface area contributed by atoms with Gasteiger partial charge < -0.3 is 5.73 Å². The van der Waals surface area contributed by atoms with E-state index >= 15 is 0 Å². The van der Waals surface area contributed by atoms with Gasteiger partial charge in [-0.2, -0.15) is 0 Å². The fourth-order valence-electron chi connectivity index (χ4n) is 2.60. The summed E-state index contributed by atoms with van der Waals surface area (Å²) in [6.07, 6.45) is 3.33. The van der Waals surface area contributed by atoms with Crippen molar-refractivity contribution in [2.24, 2.45) is 11.1 Å². The van der Waals surface area contributed by atoms with Gasteiger partial charge in [-0.15, -0.1) is 0 Å². The average molecular weight is 259 g/mol. The summed E-state index contributed by atoms with van der Waals surface area (Å²) in [5.41, 5.74) is 8.42. The van der Waals surface area contributed by atoms with Crippen LogP contribution in [0.15, 0.2) is 24.3 Å². The molecule has 19 heavy (non-hydrogen) atoms. The van der Waals surface area contributed by atoms with Crippen LogP contribution in [-0.2, 0) is 13.1 Å². The lowest BCUT2D eigenvalue weighted by atomic mass is 9.86. The molecule has 0 bridgehead atoms. The Labute approximate surface area is 116 Å². The number of hydrogen-bond donors (Lipinski definition) is 2. The minimum atomic E-state index is -0.145. The summed E-state index contributed by atoms with van der Waals surface area (Å²) in [6, 6.07) is 8.71. The van der Waals surface area contributed by atoms with E-state index in [4.69, 9.17) is 11.1 Å². The van der Waals surface area contributed by atoms with Crippen molar-refractivity contribution in [1.29, 1.82) is 5.41 Å². The highest BCUT2D eigenvalue weighted by molar-refractivity contribution is 5.82. The van der Waals surface area contributed by atoms with Gasteiger partial charge in [-0.05, 0) is 30.5 Å². The van der Waals surface area contributed by atoms with Gasteiger partial charge in [-0.3, -0.25) is 10.3 Å². The maximum Gasteiger partial charge on any atom is 0.0963 e. The summed E-state index contributed by atoms with van der Waals surface area (Å²) in [7, 11) is 0. The van der Waals surface area contributed by atoms with Gasteiger partial charge >= 0.3 is 0 Å². The van der Waals surface area contributed by atoms with Crippen molar-refractivity contribution < 1.29 is 0 Å². The van der Waals surface area contributed by atoms with E-state index in [0.717, 1.165) is 32.5 Å². The molecule has 1 heterocycles. The number of rotatable bonds is 6. The molecule has 0 unspecified atom stereocenters. The molecule has 1 aromatic carbocycles. The lowest BCUT2D eigenvalue weighted by molar-refractivity contribution is 0.271. The normalized spacial score (nSPS) is 15.5. The molecule has 2 rings (SSSR count). The highest BCUT2D eigenvalue weighted by Crippen LogP contribution is 2.25. The first-order valence-electron chi connectivity index (χ1n) is 7.13. The van der Waals surface area contributed by atoms with Crippen molar-refractivity contribution in [2.45, 2.75) is 46.2 Å². The van der Waals surface area contributed by atoms with Crippen LogP contribution in [0.2, 0.25) is 0 Å². The zero-order valence-electron chi connectivity index (χ0n) is 12.1. The van der Waals surface area contributed by atoms with Gasteiger partial charge in [0, 0.05) is 18.5 Å². The maximum absolute atomic E-state index is 7.55. The molecule has 0 saturated heterocycles. The molecule has 3 nitrogen and oxygen atoms in total. The summed E-state index contributed by atoms with van der Waals surface area (Å²) in [5, 5.41) is 7.55. The summed E-state index contributed by atoms with van der Waals surface area (Å²) in [4.78, 5) is 2.51. The van der Waals surface area contributed by atoms with Crippen LogP contribution in [0.3, 0.4) is 0 Å². The lowest BCUT2D eigenvalue weighted by Crippen LogP contribution is -2.30. The molecule has 0 aromatic heterocycles. The Morgan fingerprint density at radius 3 is 2.32 bits per heavy atom. The predicted octanol–water partition coefficient (Wildman–Crippen LogP) is 3.13. The minimum Gasteiger partial charge on any atom is -0.387 e. The van der Waals surface area contributed by atoms with E-state index in [2.05, 4.69) is 43.0 Å². The van der Waals surface area contributed by atoms with E-state index in [1.807, 2.05) is 0 Å². The smallest absolute Gasteiger partial charge is 0.0963 e. The topological polar surface area (TPSA) is 53.1 Å². The largest absolute Gasteiger partial charge is 0.387 e. The van der Waals surface area contributed by atoms with E-state index in [1.54, 1.807) is 0 Å². The van der Waals surface area contributed by atoms with Crippen LogP contribution in [0, 0.1) is 10.8 Å². The van der Waals surface area contributed by atoms with Crippen LogP contribution < -0.4 is 5.73 Å². The number of benzene rings is 1. The molecule has 0 amide bonds. The first-order valence-corrected chi connectivity index (χ1v) is 7.13. The molecule has 0 atom stereocenters. The molecule has 0 fully saturated rings. The van der Waals surface area contributed by atoms with Gasteiger partial charge in [0.25, 0.3) is 0 Å². The molecule has 3 N–H and O–H groups in total. The molecular formula is C16H25N3. The maximum atomic E-state index is 7.55. The Bertz CT molecular complexity index is 426. The summed E-state index contributed by atoms with van der Waals surface area (Å²) >= 11 is 0. The van der Waals surface area contributed by atoms with Crippen molar-refractivity contribution in [2.75, 3.05) is 6.54 Å². The Balaban J connectivity index is 1.70. The Hall–Kier alpha value is -1.35. The van der Waals surface area contributed by atoms with Crippen molar-refractivity contribution in [3.05, 3.63) is 35.4 Å². The molecule has 3 heteroatoms. The zero-order chi connectivity index (χ0) is 13.9. The average Bonchev–Trinajstić information content (AvgIpc) is 2.77. The fourth-order valence-corrected chi connectivity index (χ4v) is 2.60. The number of amidine groups is 1. The third-order valence-electron chi connectivity index (χ3n) is 4.16. The highest BCUT2D eigenvalue weighted by Gasteiger charge is 2.21. The minimum absolute atomic E-state index is 0.145. The van der Waals surface area contributed by atoms with Crippen molar-refractivity contribution in [1.82, 2.24) is 4.90 Å². The van der Waals surface area contributed by atoms with Gasteiger partial charge in [0.05, 0.1) is 5.84 Å². The Kier molecular flexibility index (Phi) is 4.25. The summed E-state index contributed by atoms with van der Waals surface area (Å²) < 4.78 is 0. The molecule has 104 valence electrons. The molecule has 0 spiro atoms. The van der Waals surface area contributed by atoms with Crippen LogP contribution >= 0.6 is 0 Å². The number of hydrogen-bond acceptors (Lipinski definition) is 2. The van der Waals surface area contributed by atoms with Gasteiger partial charge in [-0.1, -0.05) is 44.5 Å². The van der Waals surface area contributed by atoms with Crippen LogP contribution in [0.25, 0.3) is 0 Å². The third-order valence-corrected chi connectivity index (χ3v) is 4.16. The number of nitrogens with one attached hydrogen (secondary N) is 1. The molecule has 0 aliphatic carbocycles. The van der Waals surface area contributed by atoms with E-state index in [-0.39, 0.29) is 5.41 Å². The second kappa shape index (κ2) is 5.74. The predicted molar refractivity (Wildman–Crippen MR) is 80.1 cm³/mol. The fraction of sp³-hybridized carbons (Fsp3) is 0.562. The van der Waals surface area contributed by atoms with E-state index in [1.165, 1.54) is 17.5 Å². The summed E-state index contributed by atoms with van der Waals surface area (Å²) in [5.74, 6) is 0.307. The molecule has 0 saturated carbocycles. The number of unbranched alkanes of at least 4 members (excludes halogenated alkanes) is 1. The van der Waals surface area contributed by atoms with Gasteiger partial charge in [0.2, 0.25) is 0 Å². The Morgan fingerprint density at radius 1 is 1.21 bits per heavy atom. The molecule has 0 radical (unpaired) electrons. The number of fused-ring (bicyclic) bond motifs is 1. The third kappa shape index (κ3) is 3.57. The molecule has 1 aliphatic heterocycles. The quantitative estimate of drug-likeness (QED) is 0.468. The SMILES string of the molecule is CC(C)(CCCCN1Cc2ccccc2C1)C(=N)N. The van der Waals surface area contributed by atoms with Gasteiger partial charge in [0.1, 0.15) is 0 Å². The van der Waals surface area contributed by atoms with Crippen molar-refractivity contribution >= 4 is 5.84 Å². The second-order valence-corrected chi connectivity index (χ2v) is 6.23. The van der Waals surface area contributed by atoms with Crippen LogP contribution in [0.5, 0.6) is 0 Å². The van der Waals surface area contributed by atoms with Gasteiger partial charge in [0.15, 0.2) is 0 Å². The molecule has 1 aliphatic rings. The Morgan fingerprint density at radius 2 is 1.79 bits per heavy atom. The van der Waals surface area contributed by atoms with Crippen LogP contribution in [0.1, 0.15) is 44.2 Å². The van der Waals surface area contributed by atoms with Crippen molar-refractivity contribution in [3.63, 3.8) is 0 Å².